The second-order valence-electron chi connectivity index (χ2n) is 5.98. The summed E-state index contributed by atoms with van der Waals surface area (Å²) in [5.41, 5.74) is 2.61. The van der Waals surface area contributed by atoms with Gasteiger partial charge in [-0.2, -0.15) is 4.68 Å². The van der Waals surface area contributed by atoms with Gasteiger partial charge in [-0.25, -0.2) is 0 Å². The smallest absolute Gasteiger partial charge is 0.237 e. The van der Waals surface area contributed by atoms with Gasteiger partial charge in [0.15, 0.2) is 0 Å². The van der Waals surface area contributed by atoms with Crippen LogP contribution in [0.15, 0.2) is 47.6 Å². The summed E-state index contributed by atoms with van der Waals surface area (Å²) in [5, 5.41) is 15.6. The summed E-state index contributed by atoms with van der Waals surface area (Å²) in [6.45, 7) is 0. The van der Waals surface area contributed by atoms with Crippen molar-refractivity contribution >= 4 is 35.0 Å². The summed E-state index contributed by atoms with van der Waals surface area (Å²) < 4.78 is 6.93. The zero-order valence-corrected chi connectivity index (χ0v) is 16.0. The fourth-order valence-electron chi connectivity index (χ4n) is 2.96. The van der Waals surface area contributed by atoms with Crippen LogP contribution in [0.1, 0.15) is 12.0 Å². The molecular formula is C18H16ClN5O2S. The van der Waals surface area contributed by atoms with Crippen LogP contribution in [0.4, 0.5) is 5.69 Å². The molecule has 1 aliphatic heterocycles. The fourth-order valence-corrected chi connectivity index (χ4v) is 4.10. The highest BCUT2D eigenvalue weighted by molar-refractivity contribution is 8.00. The number of fused-ring (bicyclic) bond motifs is 1. The zero-order valence-electron chi connectivity index (χ0n) is 14.4. The number of halogens is 1. The third-order valence-corrected chi connectivity index (χ3v) is 5.74. The third kappa shape index (κ3) is 3.63. The number of para-hydroxylation sites is 1. The molecule has 1 atom stereocenters. The molecule has 4 rings (SSSR count). The van der Waals surface area contributed by atoms with Gasteiger partial charge in [0.1, 0.15) is 11.4 Å². The summed E-state index contributed by atoms with van der Waals surface area (Å²) in [4.78, 5) is 12.7. The highest BCUT2D eigenvalue weighted by Crippen LogP contribution is 2.33. The maximum Gasteiger partial charge on any atom is 0.237 e. The van der Waals surface area contributed by atoms with Crippen LogP contribution in [-0.4, -0.2) is 38.5 Å². The first kappa shape index (κ1) is 17.8. The van der Waals surface area contributed by atoms with Crippen LogP contribution in [-0.2, 0) is 11.2 Å². The molecule has 0 spiro atoms. The van der Waals surface area contributed by atoms with Gasteiger partial charge in [0, 0.05) is 10.7 Å². The first-order valence-electron chi connectivity index (χ1n) is 8.33. The quantitative estimate of drug-likeness (QED) is 0.721. The van der Waals surface area contributed by atoms with Crippen molar-refractivity contribution in [3.8, 4) is 11.4 Å². The standard InChI is InChI=1S/C18H16ClN5O2S/c1-26-15-8-7-12(19)10-14(15)24-18(21-22-23-24)27-16-9-6-11-4-2-3-5-13(11)20-17(16)25/h2-5,7-8,10,16H,6,9H2,1H3,(H,20,25)/t16-/m0/s1. The molecule has 2 heterocycles. The molecule has 0 radical (unpaired) electrons. The maximum atomic E-state index is 12.7. The zero-order chi connectivity index (χ0) is 18.8. The van der Waals surface area contributed by atoms with E-state index in [1.54, 1.807) is 30.0 Å². The Bertz CT molecular complexity index is 993. The van der Waals surface area contributed by atoms with Crippen molar-refractivity contribution in [2.24, 2.45) is 0 Å². The Hall–Kier alpha value is -2.58. The molecule has 1 amide bonds. The highest BCUT2D eigenvalue weighted by atomic mass is 35.5. The van der Waals surface area contributed by atoms with Gasteiger partial charge in [0.05, 0.1) is 12.4 Å². The Balaban J connectivity index is 1.61. The molecule has 0 unspecified atom stereocenters. The second kappa shape index (κ2) is 7.58. The Kier molecular flexibility index (Phi) is 5.00. The normalized spacial score (nSPS) is 16.4. The van der Waals surface area contributed by atoms with E-state index in [1.807, 2.05) is 24.3 Å². The van der Waals surface area contributed by atoms with Gasteiger partial charge in [-0.15, -0.1) is 5.10 Å². The Morgan fingerprint density at radius 1 is 1.30 bits per heavy atom. The largest absolute Gasteiger partial charge is 0.494 e. The van der Waals surface area contributed by atoms with Crippen molar-refractivity contribution in [1.29, 1.82) is 0 Å². The average Bonchev–Trinajstić information content (AvgIpc) is 3.07. The van der Waals surface area contributed by atoms with Gasteiger partial charge < -0.3 is 10.1 Å². The number of benzene rings is 2. The molecule has 7 nitrogen and oxygen atoms in total. The number of hydrogen-bond acceptors (Lipinski definition) is 6. The number of anilines is 1. The Morgan fingerprint density at radius 3 is 3.00 bits per heavy atom. The van der Waals surface area contributed by atoms with Crippen molar-refractivity contribution in [3.05, 3.63) is 53.1 Å². The van der Waals surface area contributed by atoms with Crippen LogP contribution in [0.2, 0.25) is 5.02 Å². The Morgan fingerprint density at radius 2 is 2.15 bits per heavy atom. The minimum atomic E-state index is -0.313. The summed E-state index contributed by atoms with van der Waals surface area (Å²) in [6.07, 6.45) is 1.49. The number of rotatable bonds is 4. The van der Waals surface area contributed by atoms with Crippen molar-refractivity contribution in [3.63, 3.8) is 0 Å². The number of amides is 1. The third-order valence-electron chi connectivity index (χ3n) is 4.30. The van der Waals surface area contributed by atoms with E-state index in [4.69, 9.17) is 16.3 Å². The molecule has 138 valence electrons. The number of carbonyl (C=O) groups is 1. The van der Waals surface area contributed by atoms with E-state index in [-0.39, 0.29) is 11.2 Å². The van der Waals surface area contributed by atoms with E-state index in [0.29, 0.717) is 28.0 Å². The summed E-state index contributed by atoms with van der Waals surface area (Å²) in [5.74, 6) is 0.531. The number of tetrazole rings is 1. The van der Waals surface area contributed by atoms with Crippen LogP contribution < -0.4 is 10.1 Å². The highest BCUT2D eigenvalue weighted by Gasteiger charge is 2.27. The number of nitrogens with zero attached hydrogens (tertiary/aromatic N) is 4. The molecule has 2 aromatic carbocycles. The van der Waals surface area contributed by atoms with Gasteiger partial charge in [0.2, 0.25) is 11.1 Å². The van der Waals surface area contributed by atoms with E-state index in [9.17, 15) is 4.79 Å². The van der Waals surface area contributed by atoms with Crippen molar-refractivity contribution in [2.45, 2.75) is 23.2 Å². The lowest BCUT2D eigenvalue weighted by atomic mass is 10.1. The number of hydrogen-bond donors (Lipinski definition) is 1. The van der Waals surface area contributed by atoms with Crippen molar-refractivity contribution in [2.75, 3.05) is 12.4 Å². The molecule has 3 aromatic rings. The lowest BCUT2D eigenvalue weighted by Crippen LogP contribution is -2.24. The number of aromatic nitrogens is 4. The SMILES string of the molecule is COc1ccc(Cl)cc1-n1nnnc1S[C@H]1CCc2ccccc2NC1=O. The molecule has 0 fully saturated rings. The first-order chi connectivity index (χ1) is 13.2. The van der Waals surface area contributed by atoms with Gasteiger partial charge in [-0.3, -0.25) is 4.79 Å². The molecule has 1 aliphatic rings. The van der Waals surface area contributed by atoms with Crippen LogP contribution >= 0.6 is 23.4 Å². The van der Waals surface area contributed by atoms with Gasteiger partial charge in [-0.1, -0.05) is 41.6 Å². The minimum Gasteiger partial charge on any atom is -0.494 e. The summed E-state index contributed by atoms with van der Waals surface area (Å²) >= 11 is 7.45. The summed E-state index contributed by atoms with van der Waals surface area (Å²) in [7, 11) is 1.57. The number of aryl methyl sites for hydroxylation is 1. The molecular weight excluding hydrogens is 386 g/mol. The minimum absolute atomic E-state index is 0.0578. The number of ether oxygens (including phenoxy) is 1. The average molecular weight is 402 g/mol. The molecule has 1 aromatic heterocycles. The topological polar surface area (TPSA) is 81.9 Å². The Labute approximate surface area is 165 Å². The molecule has 0 bridgehead atoms. The lowest BCUT2D eigenvalue weighted by Gasteiger charge is -2.13. The van der Waals surface area contributed by atoms with E-state index in [1.165, 1.54) is 11.8 Å². The number of carbonyl (C=O) groups excluding carboxylic acids is 1. The molecule has 27 heavy (non-hydrogen) atoms. The van der Waals surface area contributed by atoms with E-state index in [2.05, 4.69) is 20.8 Å². The number of thioether (sulfide) groups is 1. The summed E-state index contributed by atoms with van der Waals surface area (Å²) in [6, 6.07) is 13.1. The van der Waals surface area contributed by atoms with Gasteiger partial charge in [0.25, 0.3) is 0 Å². The predicted octanol–water partition coefficient (Wildman–Crippen LogP) is 3.37. The molecule has 9 heteroatoms. The van der Waals surface area contributed by atoms with Crippen LogP contribution in [0, 0.1) is 0 Å². The number of methoxy groups -OCH3 is 1. The predicted molar refractivity (Wildman–Crippen MR) is 104 cm³/mol. The maximum absolute atomic E-state index is 12.7. The van der Waals surface area contributed by atoms with E-state index < -0.39 is 0 Å². The van der Waals surface area contributed by atoms with E-state index in [0.717, 1.165) is 17.7 Å². The van der Waals surface area contributed by atoms with Crippen LogP contribution in [0.3, 0.4) is 0 Å². The molecule has 0 saturated carbocycles. The van der Waals surface area contributed by atoms with Crippen LogP contribution in [0.25, 0.3) is 5.69 Å². The molecule has 0 aliphatic carbocycles. The first-order valence-corrected chi connectivity index (χ1v) is 9.59. The fraction of sp³-hybridized carbons (Fsp3) is 0.222. The van der Waals surface area contributed by atoms with Gasteiger partial charge >= 0.3 is 0 Å². The van der Waals surface area contributed by atoms with Crippen molar-refractivity contribution < 1.29 is 9.53 Å². The van der Waals surface area contributed by atoms with Gasteiger partial charge in [-0.05, 0) is 53.1 Å². The van der Waals surface area contributed by atoms with Crippen molar-refractivity contribution in [1.82, 2.24) is 20.2 Å². The monoisotopic (exact) mass is 401 g/mol. The molecule has 0 saturated heterocycles. The lowest BCUT2D eigenvalue weighted by molar-refractivity contribution is -0.115. The van der Waals surface area contributed by atoms with E-state index >= 15 is 0 Å². The second-order valence-corrected chi connectivity index (χ2v) is 7.59. The molecule has 1 N–H and O–H groups in total. The number of nitrogens with one attached hydrogen (secondary N) is 1. The van der Waals surface area contributed by atoms with Crippen LogP contribution in [0.5, 0.6) is 5.75 Å².